The van der Waals surface area contributed by atoms with Crippen molar-refractivity contribution in [1.29, 1.82) is 0 Å². The highest BCUT2D eigenvalue weighted by atomic mass is 32.1. The van der Waals surface area contributed by atoms with Crippen molar-refractivity contribution in [3.63, 3.8) is 0 Å². The number of hydrogen-bond donors (Lipinski definition) is 0. The standard InChI is InChI=1S/C13H13NOS/c1-14(2)13(15)12-11(8-9-16-12)10-6-4-3-5-7-10/h3-9H,1-2H3. The second-order valence-corrected chi connectivity index (χ2v) is 4.65. The Bertz CT molecular complexity index is 488. The predicted octanol–water partition coefficient (Wildman–Crippen LogP) is 3.12. The Labute approximate surface area is 99.1 Å². The Kier molecular flexibility index (Phi) is 3.06. The highest BCUT2D eigenvalue weighted by molar-refractivity contribution is 7.12. The van der Waals surface area contributed by atoms with Gasteiger partial charge in [-0.2, -0.15) is 0 Å². The van der Waals surface area contributed by atoms with Gasteiger partial charge in [0.25, 0.3) is 5.91 Å². The maximum absolute atomic E-state index is 11.9. The van der Waals surface area contributed by atoms with E-state index in [1.807, 2.05) is 41.8 Å². The van der Waals surface area contributed by atoms with E-state index in [-0.39, 0.29) is 5.91 Å². The zero-order valence-electron chi connectivity index (χ0n) is 9.31. The van der Waals surface area contributed by atoms with E-state index in [1.165, 1.54) is 11.3 Å². The molecule has 0 saturated heterocycles. The van der Waals surface area contributed by atoms with Gasteiger partial charge in [0, 0.05) is 19.7 Å². The number of hydrogen-bond acceptors (Lipinski definition) is 2. The third kappa shape index (κ3) is 1.99. The lowest BCUT2D eigenvalue weighted by molar-refractivity contribution is 0.0833. The highest BCUT2D eigenvalue weighted by Gasteiger charge is 2.15. The Morgan fingerprint density at radius 3 is 2.44 bits per heavy atom. The van der Waals surface area contributed by atoms with Gasteiger partial charge >= 0.3 is 0 Å². The van der Waals surface area contributed by atoms with Crippen molar-refractivity contribution in [3.05, 3.63) is 46.7 Å². The average Bonchev–Trinajstić information content (AvgIpc) is 2.77. The third-order valence-corrected chi connectivity index (χ3v) is 3.25. The van der Waals surface area contributed by atoms with Gasteiger partial charge in [0.15, 0.2) is 0 Å². The van der Waals surface area contributed by atoms with Crippen LogP contribution in [0, 0.1) is 0 Å². The Hall–Kier alpha value is -1.61. The monoisotopic (exact) mass is 231 g/mol. The Balaban J connectivity index is 2.45. The van der Waals surface area contributed by atoms with E-state index in [0.29, 0.717) is 0 Å². The van der Waals surface area contributed by atoms with Gasteiger partial charge in [0.2, 0.25) is 0 Å². The summed E-state index contributed by atoms with van der Waals surface area (Å²) >= 11 is 1.49. The van der Waals surface area contributed by atoms with Crippen LogP contribution < -0.4 is 0 Å². The molecule has 0 atom stereocenters. The lowest BCUT2D eigenvalue weighted by Crippen LogP contribution is -2.21. The van der Waals surface area contributed by atoms with Crippen molar-refractivity contribution >= 4 is 17.2 Å². The summed E-state index contributed by atoms with van der Waals surface area (Å²) in [5, 5.41) is 1.96. The molecule has 0 aliphatic rings. The largest absolute Gasteiger partial charge is 0.344 e. The molecule has 0 aliphatic heterocycles. The fourth-order valence-corrected chi connectivity index (χ4v) is 2.46. The van der Waals surface area contributed by atoms with Gasteiger partial charge < -0.3 is 4.90 Å². The zero-order valence-corrected chi connectivity index (χ0v) is 10.1. The Morgan fingerprint density at radius 2 is 1.81 bits per heavy atom. The summed E-state index contributed by atoms with van der Waals surface area (Å²) < 4.78 is 0. The van der Waals surface area contributed by atoms with Crippen LogP contribution in [0.1, 0.15) is 9.67 Å². The number of carbonyl (C=O) groups excluding carboxylic acids is 1. The molecule has 16 heavy (non-hydrogen) atoms. The van der Waals surface area contributed by atoms with Crippen molar-refractivity contribution in [2.75, 3.05) is 14.1 Å². The van der Waals surface area contributed by atoms with Crippen LogP contribution in [0.15, 0.2) is 41.8 Å². The Morgan fingerprint density at radius 1 is 1.12 bits per heavy atom. The quantitative estimate of drug-likeness (QED) is 0.777. The molecule has 2 nitrogen and oxygen atoms in total. The molecule has 2 aromatic rings. The lowest BCUT2D eigenvalue weighted by atomic mass is 10.1. The number of amides is 1. The van der Waals surface area contributed by atoms with Gasteiger partial charge in [0.05, 0.1) is 4.88 Å². The minimum atomic E-state index is 0.0638. The molecule has 1 aromatic carbocycles. The van der Waals surface area contributed by atoms with Crippen LogP contribution in [0.2, 0.25) is 0 Å². The number of benzene rings is 1. The minimum Gasteiger partial charge on any atom is -0.344 e. The van der Waals surface area contributed by atoms with Crippen molar-refractivity contribution in [2.24, 2.45) is 0 Å². The van der Waals surface area contributed by atoms with E-state index < -0.39 is 0 Å². The van der Waals surface area contributed by atoms with E-state index in [0.717, 1.165) is 16.0 Å². The molecule has 1 amide bonds. The van der Waals surface area contributed by atoms with E-state index in [4.69, 9.17) is 0 Å². The first-order chi connectivity index (χ1) is 7.70. The van der Waals surface area contributed by atoms with Gasteiger partial charge in [-0.3, -0.25) is 4.79 Å². The molecule has 0 radical (unpaired) electrons. The molecule has 0 bridgehead atoms. The number of nitrogens with zero attached hydrogens (tertiary/aromatic N) is 1. The summed E-state index contributed by atoms with van der Waals surface area (Å²) in [6.45, 7) is 0. The normalized spacial score (nSPS) is 10.1. The molecule has 2 rings (SSSR count). The molecule has 0 unspecified atom stereocenters. The molecular weight excluding hydrogens is 218 g/mol. The van der Waals surface area contributed by atoms with Crippen molar-refractivity contribution in [1.82, 2.24) is 4.90 Å². The second kappa shape index (κ2) is 4.49. The molecule has 3 heteroatoms. The van der Waals surface area contributed by atoms with E-state index in [2.05, 4.69) is 0 Å². The zero-order chi connectivity index (χ0) is 11.5. The molecule has 0 N–H and O–H groups in total. The number of thiophene rings is 1. The lowest BCUT2D eigenvalue weighted by Gasteiger charge is -2.10. The summed E-state index contributed by atoms with van der Waals surface area (Å²) in [5.41, 5.74) is 2.11. The first-order valence-corrected chi connectivity index (χ1v) is 5.92. The number of rotatable bonds is 2. The topological polar surface area (TPSA) is 20.3 Å². The fourth-order valence-electron chi connectivity index (χ4n) is 1.52. The smallest absolute Gasteiger partial charge is 0.264 e. The molecular formula is C13H13NOS. The van der Waals surface area contributed by atoms with E-state index >= 15 is 0 Å². The van der Waals surface area contributed by atoms with E-state index in [1.54, 1.807) is 19.0 Å². The maximum Gasteiger partial charge on any atom is 0.264 e. The molecule has 82 valence electrons. The van der Waals surface area contributed by atoms with Gasteiger partial charge in [-0.25, -0.2) is 0 Å². The summed E-state index contributed by atoms with van der Waals surface area (Å²) in [6.07, 6.45) is 0. The van der Waals surface area contributed by atoms with Crippen LogP contribution in [-0.4, -0.2) is 24.9 Å². The summed E-state index contributed by atoms with van der Waals surface area (Å²) in [4.78, 5) is 14.3. The molecule has 1 heterocycles. The van der Waals surface area contributed by atoms with Gasteiger partial charge in [-0.05, 0) is 17.0 Å². The molecule has 0 spiro atoms. The van der Waals surface area contributed by atoms with Crippen LogP contribution in [0.25, 0.3) is 11.1 Å². The van der Waals surface area contributed by atoms with Crippen LogP contribution in [0.4, 0.5) is 0 Å². The van der Waals surface area contributed by atoms with Gasteiger partial charge in [-0.15, -0.1) is 11.3 Å². The summed E-state index contributed by atoms with van der Waals surface area (Å²) in [5.74, 6) is 0.0638. The molecule has 0 aliphatic carbocycles. The second-order valence-electron chi connectivity index (χ2n) is 3.73. The SMILES string of the molecule is CN(C)C(=O)c1sccc1-c1ccccc1. The highest BCUT2D eigenvalue weighted by Crippen LogP contribution is 2.28. The fraction of sp³-hybridized carbons (Fsp3) is 0.154. The van der Waals surface area contributed by atoms with Crippen molar-refractivity contribution in [3.8, 4) is 11.1 Å². The van der Waals surface area contributed by atoms with Crippen molar-refractivity contribution in [2.45, 2.75) is 0 Å². The van der Waals surface area contributed by atoms with Gasteiger partial charge in [-0.1, -0.05) is 30.3 Å². The van der Waals surface area contributed by atoms with Crippen LogP contribution in [0.3, 0.4) is 0 Å². The van der Waals surface area contributed by atoms with Crippen molar-refractivity contribution < 1.29 is 4.79 Å². The van der Waals surface area contributed by atoms with Gasteiger partial charge in [0.1, 0.15) is 0 Å². The summed E-state index contributed by atoms with van der Waals surface area (Å²) in [7, 11) is 3.55. The van der Waals surface area contributed by atoms with E-state index in [9.17, 15) is 4.79 Å². The van der Waals surface area contributed by atoms with Crippen LogP contribution in [0.5, 0.6) is 0 Å². The first kappa shape index (κ1) is 10.9. The molecule has 1 aromatic heterocycles. The molecule has 0 fully saturated rings. The summed E-state index contributed by atoms with van der Waals surface area (Å²) in [6, 6.07) is 12.0. The first-order valence-electron chi connectivity index (χ1n) is 5.04. The predicted molar refractivity (Wildman–Crippen MR) is 67.8 cm³/mol. The van der Waals surface area contributed by atoms with Crippen LogP contribution in [-0.2, 0) is 0 Å². The average molecular weight is 231 g/mol. The molecule has 0 saturated carbocycles. The number of carbonyl (C=O) groups is 1. The third-order valence-electron chi connectivity index (χ3n) is 2.35. The minimum absolute atomic E-state index is 0.0638. The maximum atomic E-state index is 11.9. The van der Waals surface area contributed by atoms with Crippen LogP contribution >= 0.6 is 11.3 Å².